The molecule has 5 rings (SSSR count). The van der Waals surface area contributed by atoms with Gasteiger partial charge in [0.15, 0.2) is 0 Å². The highest BCUT2D eigenvalue weighted by atomic mass is 32.1. The van der Waals surface area contributed by atoms with Gasteiger partial charge in [-0.2, -0.15) is 0 Å². The third-order valence-corrected chi connectivity index (χ3v) is 7.76. The van der Waals surface area contributed by atoms with Crippen molar-refractivity contribution in [1.29, 1.82) is 0 Å². The fraction of sp³-hybridized carbons (Fsp3) is 0.478. The number of hydrogen-bond donors (Lipinski definition) is 1. The molecule has 2 aliphatic heterocycles. The summed E-state index contributed by atoms with van der Waals surface area (Å²) < 4.78 is 0. The standard InChI is InChI=1S/C23H26N4O3S/c1-23(17-6-8-26(9-7-17)20(28)12-18-13-31-14-24-18)21(29)27(22(30)25-23)19-10-15-4-2-3-5-16(15)11-19/h2-5,13-14,17,19H,6-12H2,1H3,(H,25,30)/t23-/m0/s1. The number of aromatic nitrogens is 1. The lowest BCUT2D eigenvalue weighted by Gasteiger charge is -2.39. The van der Waals surface area contributed by atoms with Crippen molar-refractivity contribution in [2.24, 2.45) is 5.92 Å². The maximum atomic E-state index is 13.5. The molecule has 2 fully saturated rings. The molecule has 31 heavy (non-hydrogen) atoms. The summed E-state index contributed by atoms with van der Waals surface area (Å²) in [5, 5.41) is 4.91. The smallest absolute Gasteiger partial charge is 0.325 e. The number of likely N-dealkylation sites (tertiary alicyclic amines) is 1. The SMILES string of the molecule is C[C@@]1(C2CCN(C(=O)Cc3cscn3)CC2)NC(=O)N(C2Cc3ccccc3C2)C1=O. The van der Waals surface area contributed by atoms with Gasteiger partial charge in [0, 0.05) is 24.5 Å². The molecule has 3 aliphatic rings. The van der Waals surface area contributed by atoms with Gasteiger partial charge < -0.3 is 10.2 Å². The third-order valence-electron chi connectivity index (χ3n) is 7.12. The van der Waals surface area contributed by atoms with Crippen molar-refractivity contribution in [1.82, 2.24) is 20.1 Å². The molecule has 8 heteroatoms. The molecule has 7 nitrogen and oxygen atoms in total. The lowest BCUT2D eigenvalue weighted by molar-refractivity contribution is -0.136. The van der Waals surface area contributed by atoms with Crippen LogP contribution in [0.3, 0.4) is 0 Å². The lowest BCUT2D eigenvalue weighted by Crippen LogP contribution is -2.55. The van der Waals surface area contributed by atoms with E-state index in [2.05, 4.69) is 22.4 Å². The normalized spacial score (nSPS) is 24.5. The van der Waals surface area contributed by atoms with Gasteiger partial charge in [-0.25, -0.2) is 9.78 Å². The molecular weight excluding hydrogens is 412 g/mol. The van der Waals surface area contributed by atoms with Crippen LogP contribution in [-0.4, -0.2) is 57.3 Å². The van der Waals surface area contributed by atoms with E-state index in [0.717, 1.165) is 18.5 Å². The van der Waals surface area contributed by atoms with Crippen molar-refractivity contribution < 1.29 is 14.4 Å². The monoisotopic (exact) mass is 438 g/mol. The molecule has 3 heterocycles. The summed E-state index contributed by atoms with van der Waals surface area (Å²) in [5.41, 5.74) is 4.06. The second-order valence-electron chi connectivity index (χ2n) is 8.95. The highest BCUT2D eigenvalue weighted by Crippen LogP contribution is 2.36. The van der Waals surface area contributed by atoms with Crippen LogP contribution in [-0.2, 0) is 28.9 Å². The van der Waals surface area contributed by atoms with Gasteiger partial charge >= 0.3 is 6.03 Å². The molecule has 2 saturated heterocycles. The first-order chi connectivity index (χ1) is 15.0. The second kappa shape index (κ2) is 7.75. The number of nitrogens with one attached hydrogen (secondary N) is 1. The fourth-order valence-corrected chi connectivity index (χ4v) is 5.86. The van der Waals surface area contributed by atoms with Gasteiger partial charge in [0.1, 0.15) is 5.54 Å². The average molecular weight is 439 g/mol. The molecule has 0 spiro atoms. The van der Waals surface area contributed by atoms with Gasteiger partial charge in [0.05, 0.1) is 17.6 Å². The second-order valence-corrected chi connectivity index (χ2v) is 9.67. The van der Waals surface area contributed by atoms with Crippen molar-refractivity contribution >= 4 is 29.2 Å². The van der Waals surface area contributed by atoms with Crippen LogP contribution < -0.4 is 5.32 Å². The molecule has 0 bridgehead atoms. The molecule has 0 radical (unpaired) electrons. The molecule has 162 valence electrons. The molecule has 2 aromatic rings. The maximum Gasteiger partial charge on any atom is 0.325 e. The van der Waals surface area contributed by atoms with Gasteiger partial charge in [-0.05, 0) is 49.7 Å². The number of thiazole rings is 1. The molecule has 1 N–H and O–H groups in total. The Bertz CT molecular complexity index is 991. The van der Waals surface area contributed by atoms with Crippen molar-refractivity contribution in [2.45, 2.75) is 50.6 Å². The van der Waals surface area contributed by atoms with Crippen LogP contribution >= 0.6 is 11.3 Å². The molecular formula is C23H26N4O3S. The summed E-state index contributed by atoms with van der Waals surface area (Å²) in [7, 11) is 0. The van der Waals surface area contributed by atoms with Crippen LogP contribution in [0, 0.1) is 5.92 Å². The van der Waals surface area contributed by atoms with Crippen LogP contribution in [0.25, 0.3) is 0 Å². The quantitative estimate of drug-likeness (QED) is 0.743. The summed E-state index contributed by atoms with van der Waals surface area (Å²) >= 11 is 1.49. The Balaban J connectivity index is 1.23. The molecule has 0 unspecified atom stereocenters. The zero-order valence-corrected chi connectivity index (χ0v) is 18.4. The Hall–Kier alpha value is -2.74. The zero-order valence-electron chi connectivity index (χ0n) is 17.5. The van der Waals surface area contributed by atoms with E-state index < -0.39 is 5.54 Å². The number of fused-ring (bicyclic) bond motifs is 1. The van der Waals surface area contributed by atoms with Crippen molar-refractivity contribution in [3.05, 3.63) is 52.0 Å². The summed E-state index contributed by atoms with van der Waals surface area (Å²) in [6, 6.07) is 7.75. The first kappa shape index (κ1) is 20.2. The van der Waals surface area contributed by atoms with E-state index in [1.54, 1.807) is 5.51 Å². The Kier molecular flexibility index (Phi) is 5.04. The molecule has 1 aromatic heterocycles. The van der Waals surface area contributed by atoms with Crippen LogP contribution in [0.1, 0.15) is 36.6 Å². The van der Waals surface area contributed by atoms with Gasteiger partial charge in [0.25, 0.3) is 5.91 Å². The number of carbonyl (C=O) groups excluding carboxylic acids is 3. The number of rotatable bonds is 4. The predicted molar refractivity (Wildman–Crippen MR) is 117 cm³/mol. The largest absolute Gasteiger partial charge is 0.342 e. The van der Waals surface area contributed by atoms with E-state index in [4.69, 9.17) is 0 Å². The maximum absolute atomic E-state index is 13.5. The summed E-state index contributed by atoms with van der Waals surface area (Å²) in [6.45, 7) is 3.05. The van der Waals surface area contributed by atoms with E-state index >= 15 is 0 Å². The third kappa shape index (κ3) is 3.52. The van der Waals surface area contributed by atoms with Gasteiger partial charge in [-0.3, -0.25) is 14.5 Å². The minimum Gasteiger partial charge on any atom is -0.342 e. The van der Waals surface area contributed by atoms with Crippen LogP contribution in [0.2, 0.25) is 0 Å². The van der Waals surface area contributed by atoms with Gasteiger partial charge in [-0.15, -0.1) is 11.3 Å². The highest BCUT2D eigenvalue weighted by Gasteiger charge is 2.55. The Labute approximate surface area is 185 Å². The van der Waals surface area contributed by atoms with E-state index in [1.807, 2.05) is 29.3 Å². The van der Waals surface area contributed by atoms with E-state index in [0.29, 0.717) is 32.4 Å². The van der Waals surface area contributed by atoms with Crippen LogP contribution in [0.15, 0.2) is 35.2 Å². The molecule has 1 atom stereocenters. The van der Waals surface area contributed by atoms with E-state index in [-0.39, 0.29) is 29.8 Å². The number of hydrogen-bond acceptors (Lipinski definition) is 5. The first-order valence-electron chi connectivity index (χ1n) is 10.8. The van der Waals surface area contributed by atoms with E-state index in [1.165, 1.54) is 27.4 Å². The molecule has 4 amide bonds. The number of urea groups is 1. The van der Waals surface area contributed by atoms with E-state index in [9.17, 15) is 14.4 Å². The van der Waals surface area contributed by atoms with Crippen LogP contribution in [0.4, 0.5) is 4.79 Å². The lowest BCUT2D eigenvalue weighted by atomic mass is 9.78. The highest BCUT2D eigenvalue weighted by molar-refractivity contribution is 7.07. The predicted octanol–water partition coefficient (Wildman–Crippen LogP) is 2.40. The summed E-state index contributed by atoms with van der Waals surface area (Å²) in [4.78, 5) is 46.4. The number of imide groups is 1. The minimum absolute atomic E-state index is 0.0149. The van der Waals surface area contributed by atoms with Gasteiger partial charge in [0.2, 0.25) is 5.91 Å². The minimum atomic E-state index is -0.907. The Morgan fingerprint density at radius 3 is 2.48 bits per heavy atom. The van der Waals surface area contributed by atoms with Gasteiger partial charge in [-0.1, -0.05) is 24.3 Å². The van der Waals surface area contributed by atoms with Crippen LogP contribution in [0.5, 0.6) is 0 Å². The average Bonchev–Trinajstić information content (AvgIpc) is 3.47. The summed E-state index contributed by atoms with van der Waals surface area (Å²) in [6.07, 6.45) is 3.15. The van der Waals surface area contributed by atoms with Crippen molar-refractivity contribution in [3.63, 3.8) is 0 Å². The number of benzene rings is 1. The number of carbonyl (C=O) groups is 3. The van der Waals surface area contributed by atoms with Crippen molar-refractivity contribution in [2.75, 3.05) is 13.1 Å². The molecule has 1 aliphatic carbocycles. The number of amides is 4. The zero-order chi connectivity index (χ0) is 21.6. The molecule has 0 saturated carbocycles. The Morgan fingerprint density at radius 2 is 1.87 bits per heavy atom. The topological polar surface area (TPSA) is 82.6 Å². The number of piperidine rings is 1. The summed E-state index contributed by atoms with van der Waals surface area (Å²) in [5.74, 6) is -0.0368. The molecule has 1 aromatic carbocycles. The van der Waals surface area contributed by atoms with Crippen molar-refractivity contribution in [3.8, 4) is 0 Å². The Morgan fingerprint density at radius 1 is 1.19 bits per heavy atom. The fourth-order valence-electron chi connectivity index (χ4n) is 5.30. The number of nitrogens with zero attached hydrogens (tertiary/aromatic N) is 3. The first-order valence-corrected chi connectivity index (χ1v) is 11.8.